The molecule has 0 saturated carbocycles. The highest BCUT2D eigenvalue weighted by Gasteiger charge is 2.34. The second-order valence-electron chi connectivity index (χ2n) is 5.46. The van der Waals surface area contributed by atoms with E-state index >= 15 is 0 Å². The summed E-state index contributed by atoms with van der Waals surface area (Å²) in [6, 6.07) is 3.55. The number of nitrogens with zero attached hydrogens (tertiary/aromatic N) is 3. The van der Waals surface area contributed by atoms with Gasteiger partial charge >= 0.3 is 0 Å². The molecule has 3 rings (SSSR count). The molecule has 6 nitrogen and oxygen atoms in total. The smallest absolute Gasteiger partial charge is 0.246 e. The Morgan fingerprint density at radius 3 is 2.87 bits per heavy atom. The van der Waals surface area contributed by atoms with Crippen molar-refractivity contribution in [3.05, 3.63) is 40.8 Å². The average molecular weight is 360 g/mol. The Kier molecular flexibility index (Phi) is 4.39. The van der Waals surface area contributed by atoms with E-state index in [0.29, 0.717) is 24.7 Å². The van der Waals surface area contributed by atoms with E-state index in [1.807, 2.05) is 0 Å². The lowest BCUT2D eigenvalue weighted by molar-refractivity contribution is 0.264. The zero-order valence-electron chi connectivity index (χ0n) is 12.4. The van der Waals surface area contributed by atoms with Gasteiger partial charge < -0.3 is 4.52 Å². The predicted octanol–water partition coefficient (Wildman–Crippen LogP) is 2.74. The molecule has 1 atom stereocenters. The maximum absolute atomic E-state index is 14.0. The molecule has 1 saturated heterocycles. The van der Waals surface area contributed by atoms with Gasteiger partial charge in [0.25, 0.3) is 0 Å². The molecule has 0 N–H and O–H groups in total. The topological polar surface area (TPSA) is 76.3 Å². The predicted molar refractivity (Wildman–Crippen MR) is 81.2 cm³/mol. The maximum atomic E-state index is 14.0. The minimum Gasteiger partial charge on any atom is -0.339 e. The Balaban J connectivity index is 1.87. The largest absolute Gasteiger partial charge is 0.339 e. The molecule has 2 aromatic rings. The SMILES string of the molecule is Cc1noc(C2CCCN(S(=O)(=O)c3ccc(Cl)cc3F)C2)n1. The molecule has 2 heterocycles. The lowest BCUT2D eigenvalue weighted by Crippen LogP contribution is -2.39. The first kappa shape index (κ1) is 16.4. The summed E-state index contributed by atoms with van der Waals surface area (Å²) in [5, 5.41) is 3.88. The summed E-state index contributed by atoms with van der Waals surface area (Å²) in [4.78, 5) is 3.79. The van der Waals surface area contributed by atoms with Crippen molar-refractivity contribution in [2.75, 3.05) is 13.1 Å². The maximum Gasteiger partial charge on any atom is 0.246 e. The first-order chi connectivity index (χ1) is 10.9. The van der Waals surface area contributed by atoms with Crippen LogP contribution in [0.2, 0.25) is 5.02 Å². The normalized spacial score (nSPS) is 19.9. The Morgan fingerprint density at radius 1 is 1.43 bits per heavy atom. The first-order valence-electron chi connectivity index (χ1n) is 7.13. The minimum absolute atomic E-state index is 0.152. The van der Waals surface area contributed by atoms with Crippen LogP contribution in [0.25, 0.3) is 0 Å². The lowest BCUT2D eigenvalue weighted by Gasteiger charge is -2.30. The molecule has 0 spiro atoms. The number of rotatable bonds is 3. The fourth-order valence-corrected chi connectivity index (χ4v) is 4.39. The highest BCUT2D eigenvalue weighted by atomic mass is 35.5. The Bertz CT molecular complexity index is 824. The second kappa shape index (κ2) is 6.18. The zero-order chi connectivity index (χ0) is 16.6. The molecule has 9 heteroatoms. The van der Waals surface area contributed by atoms with Crippen LogP contribution in [0.4, 0.5) is 4.39 Å². The summed E-state index contributed by atoms with van der Waals surface area (Å²) >= 11 is 5.68. The van der Waals surface area contributed by atoms with E-state index in [0.717, 1.165) is 12.5 Å². The molecule has 0 radical (unpaired) electrons. The van der Waals surface area contributed by atoms with Crippen molar-refractivity contribution in [2.24, 2.45) is 0 Å². The number of aromatic nitrogens is 2. The van der Waals surface area contributed by atoms with Gasteiger partial charge in [-0.3, -0.25) is 0 Å². The second-order valence-corrected chi connectivity index (χ2v) is 7.80. The monoisotopic (exact) mass is 359 g/mol. The number of halogens is 2. The first-order valence-corrected chi connectivity index (χ1v) is 8.95. The van der Waals surface area contributed by atoms with E-state index < -0.39 is 15.8 Å². The van der Waals surface area contributed by atoms with Crippen molar-refractivity contribution in [3.63, 3.8) is 0 Å². The van der Waals surface area contributed by atoms with Gasteiger partial charge in [0.1, 0.15) is 10.7 Å². The van der Waals surface area contributed by atoms with E-state index in [1.165, 1.54) is 16.4 Å². The van der Waals surface area contributed by atoms with Gasteiger partial charge in [0.05, 0.1) is 5.92 Å². The van der Waals surface area contributed by atoms with Crippen molar-refractivity contribution < 1.29 is 17.3 Å². The fourth-order valence-electron chi connectivity index (χ4n) is 2.66. The number of aryl methyl sites for hydroxylation is 1. The number of hydrogen-bond donors (Lipinski definition) is 0. The van der Waals surface area contributed by atoms with Crippen LogP contribution >= 0.6 is 11.6 Å². The summed E-state index contributed by atoms with van der Waals surface area (Å²) < 4.78 is 45.7. The Labute approximate surface area is 138 Å². The molecule has 0 bridgehead atoms. The molecule has 1 unspecified atom stereocenters. The van der Waals surface area contributed by atoms with Crippen LogP contribution in [-0.4, -0.2) is 36.0 Å². The number of sulfonamides is 1. The van der Waals surface area contributed by atoms with Crippen LogP contribution in [0, 0.1) is 12.7 Å². The van der Waals surface area contributed by atoms with Crippen molar-refractivity contribution in [1.29, 1.82) is 0 Å². The highest BCUT2D eigenvalue weighted by molar-refractivity contribution is 7.89. The standard InChI is InChI=1S/C14H15ClFN3O3S/c1-9-17-14(22-18-9)10-3-2-6-19(8-10)23(20,21)13-5-4-11(15)7-12(13)16/h4-5,7,10H,2-3,6,8H2,1H3. The van der Waals surface area contributed by atoms with Crippen LogP contribution in [0.5, 0.6) is 0 Å². The van der Waals surface area contributed by atoms with Crippen molar-refractivity contribution in [1.82, 2.24) is 14.4 Å². The van der Waals surface area contributed by atoms with E-state index in [2.05, 4.69) is 10.1 Å². The van der Waals surface area contributed by atoms with Crippen LogP contribution in [0.15, 0.2) is 27.6 Å². The van der Waals surface area contributed by atoms with Gasteiger partial charge in [-0.05, 0) is 38.0 Å². The van der Waals surface area contributed by atoms with E-state index in [4.69, 9.17) is 16.1 Å². The van der Waals surface area contributed by atoms with Crippen LogP contribution < -0.4 is 0 Å². The molecule has 1 aliphatic heterocycles. The molecule has 124 valence electrons. The van der Waals surface area contributed by atoms with Gasteiger partial charge in [-0.2, -0.15) is 9.29 Å². The number of benzene rings is 1. The quantitative estimate of drug-likeness (QED) is 0.842. The number of piperidine rings is 1. The van der Waals surface area contributed by atoms with Gasteiger partial charge in [-0.15, -0.1) is 0 Å². The number of hydrogen-bond acceptors (Lipinski definition) is 5. The molecule has 0 amide bonds. The highest BCUT2D eigenvalue weighted by Crippen LogP contribution is 2.30. The van der Waals surface area contributed by atoms with Gasteiger partial charge in [0, 0.05) is 18.1 Å². The summed E-state index contributed by atoms with van der Waals surface area (Å²) in [6.45, 7) is 2.22. The average Bonchev–Trinajstić information content (AvgIpc) is 2.93. The zero-order valence-corrected chi connectivity index (χ0v) is 13.9. The molecule has 1 aromatic heterocycles. The van der Waals surface area contributed by atoms with Gasteiger partial charge in [0.2, 0.25) is 15.9 Å². The van der Waals surface area contributed by atoms with Crippen LogP contribution in [0.1, 0.15) is 30.5 Å². The van der Waals surface area contributed by atoms with Crippen molar-refractivity contribution in [2.45, 2.75) is 30.6 Å². The van der Waals surface area contributed by atoms with Crippen molar-refractivity contribution in [3.8, 4) is 0 Å². The molecule has 23 heavy (non-hydrogen) atoms. The third kappa shape index (κ3) is 3.24. The fraction of sp³-hybridized carbons (Fsp3) is 0.429. The summed E-state index contributed by atoms with van der Waals surface area (Å²) in [7, 11) is -3.93. The van der Waals surface area contributed by atoms with Gasteiger partial charge in [-0.1, -0.05) is 16.8 Å². The van der Waals surface area contributed by atoms with Gasteiger partial charge in [0.15, 0.2) is 5.82 Å². The molecule has 1 aliphatic rings. The lowest BCUT2D eigenvalue weighted by atomic mass is 10.00. The molecule has 1 aromatic carbocycles. The molecule has 0 aliphatic carbocycles. The third-order valence-corrected chi connectivity index (χ3v) is 5.92. The Morgan fingerprint density at radius 2 is 2.22 bits per heavy atom. The van der Waals surface area contributed by atoms with E-state index in [1.54, 1.807) is 6.92 Å². The molecule has 1 fully saturated rings. The summed E-state index contributed by atoms with van der Waals surface area (Å²) in [5.74, 6) is -0.119. The van der Waals surface area contributed by atoms with E-state index in [9.17, 15) is 12.8 Å². The van der Waals surface area contributed by atoms with Crippen molar-refractivity contribution >= 4 is 21.6 Å². The summed E-state index contributed by atoms with van der Waals surface area (Å²) in [6.07, 6.45) is 1.39. The minimum atomic E-state index is -3.93. The van der Waals surface area contributed by atoms with E-state index in [-0.39, 0.29) is 22.4 Å². The Hall–Kier alpha value is -1.51. The van der Waals surface area contributed by atoms with Crippen LogP contribution in [-0.2, 0) is 10.0 Å². The molecular weight excluding hydrogens is 345 g/mol. The van der Waals surface area contributed by atoms with Gasteiger partial charge in [-0.25, -0.2) is 12.8 Å². The third-order valence-electron chi connectivity index (χ3n) is 3.79. The molecular formula is C14H15ClFN3O3S. The van der Waals surface area contributed by atoms with Crippen LogP contribution in [0.3, 0.4) is 0 Å². The summed E-state index contributed by atoms with van der Waals surface area (Å²) in [5.41, 5.74) is 0.